The van der Waals surface area contributed by atoms with Crippen molar-refractivity contribution in [1.82, 2.24) is 19.9 Å². The van der Waals surface area contributed by atoms with Crippen LogP contribution in [-0.4, -0.2) is 53.1 Å². The number of likely N-dealkylation sites (N-methyl/N-ethyl adjacent to an activating group) is 1. The molecule has 0 amide bonds. The van der Waals surface area contributed by atoms with Gasteiger partial charge in [-0.15, -0.1) is 0 Å². The molecule has 0 atom stereocenters. The van der Waals surface area contributed by atoms with Crippen LogP contribution in [0.5, 0.6) is 0 Å². The molecule has 3 heterocycles. The Morgan fingerprint density at radius 2 is 1.74 bits per heavy atom. The third-order valence-electron chi connectivity index (χ3n) is 5.40. The van der Waals surface area contributed by atoms with Gasteiger partial charge in [0, 0.05) is 43.4 Å². The van der Waals surface area contributed by atoms with Crippen molar-refractivity contribution in [2.75, 3.05) is 43.9 Å². The number of benzene rings is 2. The van der Waals surface area contributed by atoms with Crippen molar-refractivity contribution < 1.29 is 0 Å². The average molecular weight is 358 g/mol. The first-order valence-corrected chi connectivity index (χ1v) is 9.26. The maximum absolute atomic E-state index is 6.67. The van der Waals surface area contributed by atoms with E-state index in [9.17, 15) is 0 Å². The fourth-order valence-electron chi connectivity index (χ4n) is 3.83. The zero-order chi connectivity index (χ0) is 18.4. The molecule has 2 aromatic carbocycles. The Bertz CT molecular complexity index is 1090. The maximum atomic E-state index is 6.67. The highest BCUT2D eigenvalue weighted by Gasteiger charge is 2.20. The molecule has 6 nitrogen and oxygen atoms in total. The van der Waals surface area contributed by atoms with Crippen LogP contribution in [0.3, 0.4) is 0 Å². The third-order valence-corrected chi connectivity index (χ3v) is 5.40. The summed E-state index contributed by atoms with van der Waals surface area (Å²) >= 11 is 0. The quantitative estimate of drug-likeness (QED) is 0.576. The summed E-state index contributed by atoms with van der Waals surface area (Å²) in [5.74, 6) is 0.760. The van der Waals surface area contributed by atoms with E-state index in [1.165, 1.54) is 0 Å². The van der Waals surface area contributed by atoms with Gasteiger partial charge in [0.2, 0.25) is 0 Å². The minimum Gasteiger partial charge on any atom is -0.397 e. The molecule has 1 fully saturated rings. The Hall–Kier alpha value is -3.12. The number of H-pyrrole nitrogens is 1. The highest BCUT2D eigenvalue weighted by molar-refractivity contribution is 6.05. The van der Waals surface area contributed by atoms with Crippen molar-refractivity contribution in [3.8, 4) is 11.4 Å². The van der Waals surface area contributed by atoms with Crippen molar-refractivity contribution in [2.45, 2.75) is 0 Å². The number of hydrogen-bond donors (Lipinski definition) is 2. The molecule has 0 radical (unpaired) electrons. The van der Waals surface area contributed by atoms with E-state index in [1.54, 1.807) is 0 Å². The minimum atomic E-state index is 0.730. The first-order chi connectivity index (χ1) is 13.2. The van der Waals surface area contributed by atoms with Crippen LogP contribution < -0.4 is 10.6 Å². The van der Waals surface area contributed by atoms with Gasteiger partial charge >= 0.3 is 0 Å². The molecule has 0 saturated carbocycles. The molecule has 1 aliphatic rings. The van der Waals surface area contributed by atoms with Crippen molar-refractivity contribution in [2.24, 2.45) is 0 Å². The molecule has 6 heteroatoms. The Labute approximate surface area is 157 Å². The van der Waals surface area contributed by atoms with E-state index >= 15 is 0 Å². The van der Waals surface area contributed by atoms with Crippen LogP contribution in [0.1, 0.15) is 0 Å². The number of nitrogens with one attached hydrogen (secondary N) is 1. The lowest BCUT2D eigenvalue weighted by molar-refractivity contribution is 0.313. The number of aromatic amines is 1. The van der Waals surface area contributed by atoms with Crippen LogP contribution in [-0.2, 0) is 0 Å². The first-order valence-electron chi connectivity index (χ1n) is 9.26. The Morgan fingerprint density at radius 3 is 2.56 bits per heavy atom. The lowest BCUT2D eigenvalue weighted by atomic mass is 10.1. The largest absolute Gasteiger partial charge is 0.397 e. The normalized spacial score (nSPS) is 15.7. The van der Waals surface area contributed by atoms with Gasteiger partial charge in [-0.25, -0.2) is 4.98 Å². The number of nitrogens with two attached hydrogens (primary N) is 1. The number of anilines is 2. The average Bonchev–Trinajstić information content (AvgIpc) is 3.12. The van der Waals surface area contributed by atoms with Gasteiger partial charge in [0.05, 0.1) is 27.8 Å². The van der Waals surface area contributed by atoms with Gasteiger partial charge in [0.15, 0.2) is 0 Å². The SMILES string of the molecule is CN1CCN(c2cccc3ncc(-c4nc5ccccc5[nH]4)c(N)c23)CC1. The molecule has 2 aromatic heterocycles. The third kappa shape index (κ3) is 2.69. The first kappa shape index (κ1) is 16.1. The van der Waals surface area contributed by atoms with Crippen LogP contribution in [0.2, 0.25) is 0 Å². The van der Waals surface area contributed by atoms with Crippen molar-refractivity contribution in [3.05, 3.63) is 48.7 Å². The number of hydrogen-bond acceptors (Lipinski definition) is 5. The van der Waals surface area contributed by atoms with E-state index < -0.39 is 0 Å². The van der Waals surface area contributed by atoms with Crippen LogP contribution in [0.4, 0.5) is 11.4 Å². The van der Waals surface area contributed by atoms with E-state index in [1.807, 2.05) is 36.5 Å². The van der Waals surface area contributed by atoms with Gasteiger partial charge in [-0.2, -0.15) is 0 Å². The van der Waals surface area contributed by atoms with Crippen molar-refractivity contribution >= 4 is 33.3 Å². The van der Waals surface area contributed by atoms with Crippen LogP contribution in [0.15, 0.2) is 48.7 Å². The zero-order valence-corrected chi connectivity index (χ0v) is 15.3. The summed E-state index contributed by atoms with van der Waals surface area (Å²) in [6, 6.07) is 14.2. The number of pyridine rings is 1. The number of imidazole rings is 1. The van der Waals surface area contributed by atoms with Crippen LogP contribution in [0, 0.1) is 0 Å². The summed E-state index contributed by atoms with van der Waals surface area (Å²) in [6.45, 7) is 4.08. The van der Waals surface area contributed by atoms with Gasteiger partial charge in [-0.3, -0.25) is 4.98 Å². The van der Waals surface area contributed by atoms with E-state index in [2.05, 4.69) is 38.9 Å². The number of para-hydroxylation sites is 2. The van der Waals surface area contributed by atoms with Crippen LogP contribution in [0.25, 0.3) is 33.3 Å². The van der Waals surface area contributed by atoms with Gasteiger partial charge in [-0.1, -0.05) is 18.2 Å². The van der Waals surface area contributed by atoms with Gasteiger partial charge in [0.25, 0.3) is 0 Å². The van der Waals surface area contributed by atoms with E-state index in [0.717, 1.165) is 70.9 Å². The number of rotatable bonds is 2. The second kappa shape index (κ2) is 6.25. The molecule has 27 heavy (non-hydrogen) atoms. The summed E-state index contributed by atoms with van der Waals surface area (Å²) < 4.78 is 0. The maximum Gasteiger partial charge on any atom is 0.142 e. The minimum absolute atomic E-state index is 0.730. The lowest BCUT2D eigenvalue weighted by Gasteiger charge is -2.34. The fourth-order valence-corrected chi connectivity index (χ4v) is 3.83. The molecule has 1 aliphatic heterocycles. The fraction of sp³-hybridized carbons (Fsp3) is 0.238. The topological polar surface area (TPSA) is 74.1 Å². The molecule has 0 spiro atoms. The van der Waals surface area contributed by atoms with E-state index in [0.29, 0.717) is 0 Å². The van der Waals surface area contributed by atoms with E-state index in [4.69, 9.17) is 10.7 Å². The molecule has 0 unspecified atom stereocenters. The number of fused-ring (bicyclic) bond motifs is 2. The number of nitrogen functional groups attached to an aromatic ring is 1. The second-order valence-electron chi connectivity index (χ2n) is 7.15. The standard InChI is InChI=1S/C21H22N6/c1-26-9-11-27(12-10-26)18-8-4-7-17-19(18)20(22)14(13-23-17)21-24-15-5-2-3-6-16(15)25-21/h2-8,13H,9-12H2,1H3,(H2,22,23)(H,24,25). The summed E-state index contributed by atoms with van der Waals surface area (Å²) in [5.41, 5.74) is 12.3. The summed E-state index contributed by atoms with van der Waals surface area (Å²) in [4.78, 5) is 17.5. The molecular weight excluding hydrogens is 336 g/mol. The molecule has 3 N–H and O–H groups in total. The zero-order valence-electron chi connectivity index (χ0n) is 15.3. The molecule has 0 bridgehead atoms. The molecule has 5 rings (SSSR count). The summed E-state index contributed by atoms with van der Waals surface area (Å²) in [5, 5.41) is 1.01. The Kier molecular flexibility index (Phi) is 3.72. The predicted molar refractivity (Wildman–Crippen MR) is 111 cm³/mol. The van der Waals surface area contributed by atoms with Crippen molar-refractivity contribution in [1.29, 1.82) is 0 Å². The lowest BCUT2D eigenvalue weighted by Crippen LogP contribution is -2.44. The predicted octanol–water partition coefficient (Wildman–Crippen LogP) is 3.11. The molecule has 0 aliphatic carbocycles. The van der Waals surface area contributed by atoms with Gasteiger partial charge in [0.1, 0.15) is 5.82 Å². The monoisotopic (exact) mass is 358 g/mol. The van der Waals surface area contributed by atoms with Gasteiger partial charge in [-0.05, 0) is 31.3 Å². The summed E-state index contributed by atoms with van der Waals surface area (Å²) in [7, 11) is 2.16. The molecule has 4 aromatic rings. The van der Waals surface area contributed by atoms with E-state index in [-0.39, 0.29) is 0 Å². The molecule has 136 valence electrons. The smallest absolute Gasteiger partial charge is 0.142 e. The second-order valence-corrected chi connectivity index (χ2v) is 7.15. The van der Waals surface area contributed by atoms with Crippen LogP contribution >= 0.6 is 0 Å². The summed E-state index contributed by atoms with van der Waals surface area (Å²) in [6.07, 6.45) is 1.82. The Balaban J connectivity index is 1.66. The van der Waals surface area contributed by atoms with Gasteiger partial charge < -0.3 is 20.5 Å². The molecular formula is C21H22N6. The highest BCUT2D eigenvalue weighted by Crippen LogP contribution is 2.36. The molecule has 1 saturated heterocycles. The van der Waals surface area contributed by atoms with Crippen molar-refractivity contribution in [3.63, 3.8) is 0 Å². The number of nitrogens with zero attached hydrogens (tertiary/aromatic N) is 4. The number of piperazine rings is 1. The highest BCUT2D eigenvalue weighted by atomic mass is 15.2. The Morgan fingerprint density at radius 1 is 0.963 bits per heavy atom. The number of aromatic nitrogens is 3.